The number of quaternary nitrogens is 1. The second-order valence-corrected chi connectivity index (χ2v) is 2.41. The van der Waals surface area contributed by atoms with Crippen LogP contribution in [0.4, 0.5) is 0 Å². The predicted molar refractivity (Wildman–Crippen MR) is 26.1 cm³/mol. The van der Waals surface area contributed by atoms with E-state index in [-0.39, 0.29) is 0 Å². The smallest absolute Gasteiger partial charge is 0.157 e. The maximum absolute atomic E-state index is 3.79. The molecule has 1 heterocycles. The second-order valence-electron chi connectivity index (χ2n) is 2.41. The van der Waals surface area contributed by atoms with Crippen LogP contribution in [0.3, 0.4) is 0 Å². The molecule has 1 fully saturated rings. The summed E-state index contributed by atoms with van der Waals surface area (Å²) in [4.78, 5) is 0. The van der Waals surface area contributed by atoms with Crippen LogP contribution in [-0.4, -0.2) is 25.1 Å². The van der Waals surface area contributed by atoms with Crippen molar-refractivity contribution in [3.05, 3.63) is 12.3 Å². The summed E-state index contributed by atoms with van der Waals surface area (Å²) in [6.07, 6.45) is 0. The topological polar surface area (TPSA) is 0 Å². The van der Waals surface area contributed by atoms with Crippen LogP contribution in [0, 0.1) is 0 Å². The highest BCUT2D eigenvalue weighted by molar-refractivity contribution is 4.95. The third-order valence-corrected chi connectivity index (χ3v) is 1.33. The lowest BCUT2D eigenvalue weighted by molar-refractivity contribution is -0.732. The molecule has 34 valence electrons. The molecule has 0 aromatic rings. The Morgan fingerprint density at radius 3 is 1.83 bits per heavy atom. The lowest BCUT2D eigenvalue weighted by atomic mass is 10.8. The zero-order valence-corrected chi connectivity index (χ0v) is 4.36. The SMILES string of the molecule is C=C1C[N+]1(C)C. The molecule has 0 aromatic carbocycles. The molecule has 0 atom stereocenters. The summed E-state index contributed by atoms with van der Waals surface area (Å²) in [6, 6.07) is 0. The van der Waals surface area contributed by atoms with Crippen molar-refractivity contribution in [1.29, 1.82) is 0 Å². The Hall–Kier alpha value is -0.300. The Balaban J connectivity index is 2.63. The first-order chi connectivity index (χ1) is 2.63. The van der Waals surface area contributed by atoms with Gasteiger partial charge in [0, 0.05) is 0 Å². The van der Waals surface area contributed by atoms with Crippen LogP contribution in [0.1, 0.15) is 0 Å². The fraction of sp³-hybridized carbons (Fsp3) is 0.600. The molecule has 0 bridgehead atoms. The average Bonchev–Trinajstić information content (AvgIpc) is 1.73. The summed E-state index contributed by atoms with van der Waals surface area (Å²) in [5, 5.41) is 0. The van der Waals surface area contributed by atoms with Crippen molar-refractivity contribution in [3.8, 4) is 0 Å². The Labute approximate surface area is 38.5 Å². The van der Waals surface area contributed by atoms with E-state index in [1.807, 2.05) is 0 Å². The fourth-order valence-electron chi connectivity index (χ4n) is 0.421. The first-order valence-electron chi connectivity index (χ1n) is 2.14. The molecule has 0 saturated carbocycles. The van der Waals surface area contributed by atoms with E-state index in [2.05, 4.69) is 20.7 Å². The van der Waals surface area contributed by atoms with Crippen LogP contribution in [0.2, 0.25) is 0 Å². The molecule has 1 nitrogen and oxygen atoms in total. The molecule has 0 spiro atoms. The zero-order chi connectivity index (χ0) is 4.78. The third kappa shape index (κ3) is 0.356. The van der Waals surface area contributed by atoms with E-state index in [1.54, 1.807) is 0 Å². The molecule has 0 aliphatic carbocycles. The van der Waals surface area contributed by atoms with Gasteiger partial charge in [-0.3, -0.25) is 4.48 Å². The average molecular weight is 84.1 g/mol. The van der Waals surface area contributed by atoms with Gasteiger partial charge in [-0.05, 0) is 6.58 Å². The molecular formula is C5H10N+. The van der Waals surface area contributed by atoms with E-state index < -0.39 is 0 Å². The maximum Gasteiger partial charge on any atom is 0.157 e. The molecule has 0 N–H and O–H groups in total. The van der Waals surface area contributed by atoms with Crippen molar-refractivity contribution in [2.75, 3.05) is 20.6 Å². The lowest BCUT2D eigenvalue weighted by Gasteiger charge is -1.95. The third-order valence-electron chi connectivity index (χ3n) is 1.33. The lowest BCUT2D eigenvalue weighted by Crippen LogP contribution is -2.08. The van der Waals surface area contributed by atoms with Gasteiger partial charge in [0.05, 0.1) is 14.1 Å². The van der Waals surface area contributed by atoms with Gasteiger partial charge < -0.3 is 0 Å². The van der Waals surface area contributed by atoms with E-state index in [4.69, 9.17) is 0 Å². The molecule has 1 rings (SSSR count). The summed E-state index contributed by atoms with van der Waals surface area (Å²) in [7, 11) is 4.31. The predicted octanol–water partition coefficient (Wildman–Crippen LogP) is 0.590. The van der Waals surface area contributed by atoms with E-state index in [0.717, 1.165) is 4.48 Å². The van der Waals surface area contributed by atoms with Crippen LogP contribution < -0.4 is 0 Å². The minimum atomic E-state index is 1.04. The summed E-state index contributed by atoms with van der Waals surface area (Å²) in [5.41, 5.74) is 1.34. The Bertz CT molecular complexity index is 92.1. The molecule has 6 heavy (non-hydrogen) atoms. The van der Waals surface area contributed by atoms with Gasteiger partial charge in [-0.2, -0.15) is 0 Å². The Morgan fingerprint density at radius 1 is 1.67 bits per heavy atom. The van der Waals surface area contributed by atoms with Gasteiger partial charge in [0.15, 0.2) is 12.2 Å². The molecule has 1 aliphatic rings. The summed E-state index contributed by atoms with van der Waals surface area (Å²) in [6.45, 7) is 4.97. The quantitative estimate of drug-likeness (QED) is 0.297. The monoisotopic (exact) mass is 84.1 g/mol. The zero-order valence-electron chi connectivity index (χ0n) is 4.36. The molecule has 0 aromatic heterocycles. The number of hydrogen-bond acceptors (Lipinski definition) is 0. The normalized spacial score (nSPS) is 27.3. The van der Waals surface area contributed by atoms with Gasteiger partial charge in [0.2, 0.25) is 0 Å². The number of likely N-dealkylation sites (N-methyl/N-ethyl adjacent to an activating group) is 1. The highest BCUT2D eigenvalue weighted by Gasteiger charge is 2.38. The minimum absolute atomic E-state index is 1.04. The van der Waals surface area contributed by atoms with Crippen LogP contribution in [0.15, 0.2) is 12.3 Å². The standard InChI is InChI=1S/C5H10N/c1-5-4-6(5,2)3/h1,4H2,2-3H3/q+1. The van der Waals surface area contributed by atoms with Gasteiger partial charge in [-0.1, -0.05) is 0 Å². The van der Waals surface area contributed by atoms with Gasteiger partial charge in [-0.15, -0.1) is 0 Å². The second kappa shape index (κ2) is 0.684. The number of rotatable bonds is 0. The highest BCUT2D eigenvalue weighted by Crippen LogP contribution is 2.25. The number of nitrogens with zero attached hydrogens (tertiary/aromatic N) is 1. The molecule has 1 aliphatic heterocycles. The Kier molecular flexibility index (Phi) is 0.442. The van der Waals surface area contributed by atoms with E-state index in [9.17, 15) is 0 Å². The van der Waals surface area contributed by atoms with Crippen LogP contribution >= 0.6 is 0 Å². The minimum Gasteiger partial charge on any atom is -0.287 e. The van der Waals surface area contributed by atoms with Crippen molar-refractivity contribution < 1.29 is 4.48 Å². The first kappa shape index (κ1) is 3.88. The summed E-state index contributed by atoms with van der Waals surface area (Å²) < 4.78 is 1.04. The van der Waals surface area contributed by atoms with Crippen LogP contribution in [0.25, 0.3) is 0 Å². The van der Waals surface area contributed by atoms with Gasteiger partial charge >= 0.3 is 0 Å². The Morgan fingerprint density at radius 2 is 1.83 bits per heavy atom. The van der Waals surface area contributed by atoms with Crippen LogP contribution in [0.5, 0.6) is 0 Å². The van der Waals surface area contributed by atoms with E-state index in [0.29, 0.717) is 0 Å². The van der Waals surface area contributed by atoms with E-state index >= 15 is 0 Å². The number of hydrogen-bond donors (Lipinski definition) is 0. The van der Waals surface area contributed by atoms with Crippen LogP contribution in [-0.2, 0) is 0 Å². The summed E-state index contributed by atoms with van der Waals surface area (Å²) >= 11 is 0. The fourth-order valence-corrected chi connectivity index (χ4v) is 0.421. The van der Waals surface area contributed by atoms with Gasteiger partial charge in [0.1, 0.15) is 0 Å². The molecule has 0 amide bonds. The van der Waals surface area contributed by atoms with Crippen molar-refractivity contribution in [3.63, 3.8) is 0 Å². The molecule has 0 radical (unpaired) electrons. The van der Waals surface area contributed by atoms with Crippen molar-refractivity contribution >= 4 is 0 Å². The highest BCUT2D eigenvalue weighted by atomic mass is 15.4. The molecule has 1 saturated heterocycles. The largest absolute Gasteiger partial charge is 0.287 e. The van der Waals surface area contributed by atoms with Gasteiger partial charge in [0.25, 0.3) is 0 Å². The first-order valence-corrected chi connectivity index (χ1v) is 2.14. The van der Waals surface area contributed by atoms with Crippen molar-refractivity contribution in [2.24, 2.45) is 0 Å². The van der Waals surface area contributed by atoms with E-state index in [1.165, 1.54) is 12.2 Å². The van der Waals surface area contributed by atoms with Gasteiger partial charge in [-0.25, -0.2) is 0 Å². The molecule has 0 unspecified atom stereocenters. The summed E-state index contributed by atoms with van der Waals surface area (Å²) in [5.74, 6) is 0. The van der Waals surface area contributed by atoms with Crippen molar-refractivity contribution in [2.45, 2.75) is 0 Å². The molecule has 1 heteroatoms. The van der Waals surface area contributed by atoms with Crippen molar-refractivity contribution in [1.82, 2.24) is 0 Å². The molecular weight excluding hydrogens is 74.1 g/mol. The maximum atomic E-state index is 3.79.